The topological polar surface area (TPSA) is 46.2 Å². The molecular formula is C20H19NO2S. The van der Waals surface area contributed by atoms with Crippen LogP contribution in [0, 0.1) is 0 Å². The smallest absolute Gasteiger partial charge is 0.131 e. The third-order valence-corrected chi connectivity index (χ3v) is 5.06. The van der Waals surface area contributed by atoms with Gasteiger partial charge in [0.1, 0.15) is 16.8 Å². The molecule has 0 aliphatic carbocycles. The van der Waals surface area contributed by atoms with E-state index in [2.05, 4.69) is 4.72 Å². The molecule has 0 heterocycles. The summed E-state index contributed by atoms with van der Waals surface area (Å²) in [4.78, 5) is 12.3. The zero-order chi connectivity index (χ0) is 16.9. The van der Waals surface area contributed by atoms with Crippen LogP contribution >= 0.6 is 0 Å². The first-order valence-electron chi connectivity index (χ1n) is 7.84. The molecule has 122 valence electrons. The van der Waals surface area contributed by atoms with Crippen LogP contribution in [0.3, 0.4) is 0 Å². The third kappa shape index (κ3) is 3.96. The minimum atomic E-state index is -1.39. The number of nitrogens with one attached hydrogen (secondary N) is 1. The van der Waals surface area contributed by atoms with Gasteiger partial charge in [-0.1, -0.05) is 60.7 Å². The first kappa shape index (κ1) is 16.6. The van der Waals surface area contributed by atoms with Crippen LogP contribution in [0.25, 0.3) is 10.8 Å². The highest BCUT2D eigenvalue weighted by Gasteiger charge is 2.17. The first-order valence-corrected chi connectivity index (χ1v) is 8.99. The highest BCUT2D eigenvalue weighted by molar-refractivity contribution is 7.83. The van der Waals surface area contributed by atoms with E-state index < -0.39 is 11.0 Å². The number of benzene rings is 3. The number of fused-ring (bicyclic) bond motifs is 1. The molecule has 24 heavy (non-hydrogen) atoms. The Bertz CT molecular complexity index is 877. The van der Waals surface area contributed by atoms with Crippen LogP contribution in [0.2, 0.25) is 0 Å². The van der Waals surface area contributed by atoms with Crippen LogP contribution in [0.15, 0.2) is 77.7 Å². The van der Waals surface area contributed by atoms with Crippen LogP contribution in [-0.4, -0.2) is 9.99 Å². The second kappa shape index (κ2) is 7.51. The van der Waals surface area contributed by atoms with Crippen molar-refractivity contribution in [1.82, 2.24) is 4.72 Å². The number of hydrogen-bond acceptors (Lipinski definition) is 2. The van der Waals surface area contributed by atoms with Crippen LogP contribution in [0.5, 0.6) is 0 Å². The zero-order valence-corrected chi connectivity index (χ0v) is 14.3. The van der Waals surface area contributed by atoms with Gasteiger partial charge in [0.25, 0.3) is 0 Å². The maximum Gasteiger partial charge on any atom is 0.131 e. The van der Waals surface area contributed by atoms with E-state index in [0.717, 1.165) is 16.3 Å². The van der Waals surface area contributed by atoms with Crippen molar-refractivity contribution in [2.24, 2.45) is 0 Å². The molecule has 0 saturated carbocycles. The van der Waals surface area contributed by atoms with Crippen molar-refractivity contribution in [3.8, 4) is 0 Å². The Morgan fingerprint density at radius 3 is 2.33 bits per heavy atom. The molecule has 0 saturated heterocycles. The Morgan fingerprint density at radius 2 is 1.62 bits per heavy atom. The van der Waals surface area contributed by atoms with Crippen LogP contribution < -0.4 is 4.72 Å². The lowest BCUT2D eigenvalue weighted by Gasteiger charge is -2.17. The van der Waals surface area contributed by atoms with Gasteiger partial charge in [-0.15, -0.1) is 0 Å². The Morgan fingerprint density at radius 1 is 0.958 bits per heavy atom. The normalized spacial score (nSPS) is 13.5. The minimum Gasteiger partial charge on any atom is -0.300 e. The average molecular weight is 337 g/mol. The quantitative estimate of drug-likeness (QED) is 0.734. The number of Topliss-reactive ketones (excluding diaryl/α,β-unsaturated/α-hetero) is 1. The molecule has 0 radical (unpaired) electrons. The summed E-state index contributed by atoms with van der Waals surface area (Å²) in [6.07, 6.45) is 0.309. The molecule has 0 spiro atoms. The fourth-order valence-electron chi connectivity index (χ4n) is 2.68. The van der Waals surface area contributed by atoms with Crippen LogP contribution in [0.4, 0.5) is 0 Å². The average Bonchev–Trinajstić information content (AvgIpc) is 2.61. The number of hydrogen-bond donors (Lipinski definition) is 1. The van der Waals surface area contributed by atoms with E-state index in [0.29, 0.717) is 11.3 Å². The number of carbonyl (C=O) groups excluding carboxylic acids is 1. The molecule has 0 aliphatic rings. The van der Waals surface area contributed by atoms with Crippen molar-refractivity contribution in [1.29, 1.82) is 0 Å². The van der Waals surface area contributed by atoms with Gasteiger partial charge >= 0.3 is 0 Å². The SMILES string of the molecule is CC(=O)CC(NS(=O)c1ccc2ccccc2c1)c1ccccc1. The number of ketones is 1. The maximum absolute atomic E-state index is 12.7. The lowest BCUT2D eigenvalue weighted by molar-refractivity contribution is -0.117. The Labute approximate surface area is 144 Å². The predicted octanol–water partition coefficient (Wildman–Crippen LogP) is 4.17. The molecule has 3 rings (SSSR count). The van der Waals surface area contributed by atoms with Crippen molar-refractivity contribution in [3.63, 3.8) is 0 Å². The van der Waals surface area contributed by atoms with Gasteiger partial charge in [0.15, 0.2) is 0 Å². The summed E-state index contributed by atoms with van der Waals surface area (Å²) in [6, 6.07) is 23.1. The van der Waals surface area contributed by atoms with Gasteiger partial charge < -0.3 is 0 Å². The lowest BCUT2D eigenvalue weighted by atomic mass is 10.0. The molecule has 0 aliphatic heterocycles. The molecule has 0 fully saturated rings. The summed E-state index contributed by atoms with van der Waals surface area (Å²) in [7, 11) is -1.39. The number of rotatable bonds is 6. The van der Waals surface area contributed by atoms with Gasteiger partial charge in [0, 0.05) is 6.42 Å². The van der Waals surface area contributed by atoms with Gasteiger partial charge in [-0.3, -0.25) is 4.79 Å². The summed E-state index contributed by atoms with van der Waals surface area (Å²) in [6.45, 7) is 1.55. The Kier molecular flexibility index (Phi) is 5.18. The first-order chi connectivity index (χ1) is 11.6. The molecule has 3 nitrogen and oxygen atoms in total. The third-order valence-electron chi connectivity index (χ3n) is 3.88. The molecule has 3 aromatic rings. The largest absolute Gasteiger partial charge is 0.300 e. The molecule has 3 aromatic carbocycles. The second-order valence-corrected chi connectivity index (χ2v) is 7.01. The molecule has 0 aromatic heterocycles. The van der Waals surface area contributed by atoms with E-state index in [-0.39, 0.29) is 11.8 Å². The van der Waals surface area contributed by atoms with Crippen molar-refractivity contribution >= 4 is 27.5 Å². The minimum absolute atomic E-state index is 0.0619. The van der Waals surface area contributed by atoms with Gasteiger partial charge in [0.2, 0.25) is 0 Å². The van der Waals surface area contributed by atoms with Gasteiger partial charge in [0.05, 0.1) is 10.9 Å². The summed E-state index contributed by atoms with van der Waals surface area (Å²) in [5.74, 6) is 0.0619. The Hall–Kier alpha value is -2.30. The molecular weight excluding hydrogens is 318 g/mol. The van der Waals surface area contributed by atoms with Crippen LogP contribution in [-0.2, 0) is 15.8 Å². The summed E-state index contributed by atoms with van der Waals surface area (Å²) in [5.41, 5.74) is 0.960. The standard InChI is InChI=1S/C20H19NO2S/c1-15(22)13-20(17-8-3-2-4-9-17)21-24(23)19-12-11-16-7-5-6-10-18(16)14-19/h2-12,14,20-21H,13H2,1H3. The van der Waals surface area contributed by atoms with E-state index in [1.807, 2.05) is 72.8 Å². The van der Waals surface area contributed by atoms with E-state index in [1.165, 1.54) is 0 Å². The van der Waals surface area contributed by atoms with Crippen molar-refractivity contribution in [2.45, 2.75) is 24.3 Å². The fraction of sp³-hybridized carbons (Fsp3) is 0.150. The van der Waals surface area contributed by atoms with E-state index in [4.69, 9.17) is 0 Å². The fourth-order valence-corrected chi connectivity index (χ4v) is 3.72. The monoisotopic (exact) mass is 337 g/mol. The summed E-state index contributed by atoms with van der Waals surface area (Å²) < 4.78 is 15.8. The Balaban J connectivity index is 1.85. The number of carbonyl (C=O) groups is 1. The van der Waals surface area contributed by atoms with Crippen molar-refractivity contribution in [2.75, 3.05) is 0 Å². The van der Waals surface area contributed by atoms with Gasteiger partial charge in [-0.05, 0) is 35.4 Å². The van der Waals surface area contributed by atoms with E-state index in [1.54, 1.807) is 6.92 Å². The van der Waals surface area contributed by atoms with Gasteiger partial charge in [-0.2, -0.15) is 0 Å². The molecule has 0 bridgehead atoms. The van der Waals surface area contributed by atoms with Gasteiger partial charge in [-0.25, -0.2) is 8.93 Å². The van der Waals surface area contributed by atoms with E-state index >= 15 is 0 Å². The predicted molar refractivity (Wildman–Crippen MR) is 98.0 cm³/mol. The molecule has 2 atom stereocenters. The van der Waals surface area contributed by atoms with Crippen LogP contribution in [0.1, 0.15) is 24.9 Å². The molecule has 1 N–H and O–H groups in total. The molecule has 0 amide bonds. The summed E-state index contributed by atoms with van der Waals surface area (Å²) in [5, 5.41) is 2.16. The summed E-state index contributed by atoms with van der Waals surface area (Å²) >= 11 is 0. The highest BCUT2D eigenvalue weighted by atomic mass is 32.2. The molecule has 2 unspecified atom stereocenters. The molecule has 4 heteroatoms. The highest BCUT2D eigenvalue weighted by Crippen LogP contribution is 2.21. The van der Waals surface area contributed by atoms with Crippen molar-refractivity contribution < 1.29 is 9.00 Å². The van der Waals surface area contributed by atoms with Crippen molar-refractivity contribution in [3.05, 3.63) is 78.4 Å². The maximum atomic E-state index is 12.7. The lowest BCUT2D eigenvalue weighted by Crippen LogP contribution is -2.25. The zero-order valence-electron chi connectivity index (χ0n) is 13.4. The second-order valence-electron chi connectivity index (χ2n) is 5.76. The van der Waals surface area contributed by atoms with E-state index in [9.17, 15) is 9.00 Å².